The predicted octanol–water partition coefficient (Wildman–Crippen LogP) is 4.38. The molecule has 0 spiro atoms. The largest absolute Gasteiger partial charge is 0.376 e. The Kier molecular flexibility index (Phi) is 5.70. The predicted molar refractivity (Wildman–Crippen MR) is 111 cm³/mol. The van der Waals surface area contributed by atoms with Crippen LogP contribution in [0.5, 0.6) is 0 Å². The zero-order chi connectivity index (χ0) is 18.5. The minimum Gasteiger partial charge on any atom is -0.376 e. The molecule has 1 aromatic heterocycles. The monoisotopic (exact) mass is 378 g/mol. The fourth-order valence-corrected chi connectivity index (χ4v) is 4.10. The molecular formula is C22H22N2O2S. The van der Waals surface area contributed by atoms with E-state index in [1.807, 2.05) is 42.5 Å². The number of thioether (sulfide) groups is 1. The van der Waals surface area contributed by atoms with Crippen LogP contribution in [0.1, 0.15) is 18.4 Å². The molecule has 1 aliphatic heterocycles. The lowest BCUT2D eigenvalue weighted by Crippen LogP contribution is -2.28. The zero-order valence-electron chi connectivity index (χ0n) is 15.1. The summed E-state index contributed by atoms with van der Waals surface area (Å²) in [6.45, 7) is 1.35. The third-order valence-corrected chi connectivity index (χ3v) is 5.58. The lowest BCUT2D eigenvalue weighted by molar-refractivity contribution is 0.0937. The van der Waals surface area contributed by atoms with Crippen LogP contribution in [0.15, 0.2) is 70.6 Å². The molecule has 0 unspecified atom stereocenters. The van der Waals surface area contributed by atoms with Crippen molar-refractivity contribution in [1.82, 2.24) is 9.55 Å². The Morgan fingerprint density at radius 3 is 2.78 bits per heavy atom. The van der Waals surface area contributed by atoms with Crippen molar-refractivity contribution in [2.75, 3.05) is 12.4 Å². The summed E-state index contributed by atoms with van der Waals surface area (Å²) < 4.78 is 7.54. The Balaban J connectivity index is 1.59. The Morgan fingerprint density at radius 1 is 1.15 bits per heavy atom. The van der Waals surface area contributed by atoms with Crippen LogP contribution < -0.4 is 5.56 Å². The fraction of sp³-hybridized carbons (Fsp3) is 0.273. The van der Waals surface area contributed by atoms with Crippen molar-refractivity contribution < 1.29 is 4.74 Å². The lowest BCUT2D eigenvalue weighted by Gasteiger charge is -2.16. The summed E-state index contributed by atoms with van der Waals surface area (Å²) in [5, 5.41) is 1.42. The molecular weight excluding hydrogens is 356 g/mol. The average Bonchev–Trinajstić information content (AvgIpc) is 3.22. The molecule has 0 saturated carbocycles. The molecule has 4 rings (SSSR count). The second kappa shape index (κ2) is 8.55. The van der Waals surface area contributed by atoms with Gasteiger partial charge in [-0.2, -0.15) is 0 Å². The molecule has 1 saturated heterocycles. The highest BCUT2D eigenvalue weighted by atomic mass is 32.2. The van der Waals surface area contributed by atoms with Gasteiger partial charge in [0.2, 0.25) is 0 Å². The van der Waals surface area contributed by atoms with E-state index in [0.717, 1.165) is 35.9 Å². The van der Waals surface area contributed by atoms with Crippen LogP contribution in [0.3, 0.4) is 0 Å². The van der Waals surface area contributed by atoms with Crippen molar-refractivity contribution in [2.24, 2.45) is 0 Å². The first-order chi connectivity index (χ1) is 13.3. The van der Waals surface area contributed by atoms with Crippen molar-refractivity contribution in [2.45, 2.75) is 30.6 Å². The van der Waals surface area contributed by atoms with E-state index >= 15 is 0 Å². The molecule has 0 bridgehead atoms. The first-order valence-electron chi connectivity index (χ1n) is 9.27. The Hall–Kier alpha value is -2.37. The third kappa shape index (κ3) is 4.31. The smallest absolute Gasteiger partial charge is 0.262 e. The topological polar surface area (TPSA) is 44.1 Å². The molecule has 2 heterocycles. The van der Waals surface area contributed by atoms with E-state index in [1.165, 1.54) is 5.56 Å². The van der Waals surface area contributed by atoms with Gasteiger partial charge in [0.15, 0.2) is 5.16 Å². The van der Waals surface area contributed by atoms with Gasteiger partial charge in [-0.05, 0) is 30.5 Å². The van der Waals surface area contributed by atoms with Crippen LogP contribution in [0, 0.1) is 0 Å². The molecule has 138 valence electrons. The van der Waals surface area contributed by atoms with Crippen molar-refractivity contribution in [3.8, 4) is 0 Å². The zero-order valence-corrected chi connectivity index (χ0v) is 15.9. The van der Waals surface area contributed by atoms with Crippen LogP contribution in [-0.2, 0) is 11.3 Å². The van der Waals surface area contributed by atoms with E-state index in [9.17, 15) is 4.79 Å². The molecule has 27 heavy (non-hydrogen) atoms. The van der Waals surface area contributed by atoms with Crippen LogP contribution in [0.4, 0.5) is 0 Å². The SMILES string of the molecule is O=c1c2ccccc2nc(SC/C=C/c2ccccc2)n1C[C@@H]1CCCO1. The molecule has 4 nitrogen and oxygen atoms in total. The molecule has 5 heteroatoms. The van der Waals surface area contributed by atoms with Gasteiger partial charge < -0.3 is 4.74 Å². The van der Waals surface area contributed by atoms with Gasteiger partial charge in [-0.3, -0.25) is 9.36 Å². The first kappa shape index (κ1) is 18.0. The highest BCUT2D eigenvalue weighted by Crippen LogP contribution is 2.21. The first-order valence-corrected chi connectivity index (χ1v) is 10.3. The number of benzene rings is 2. The number of hydrogen-bond donors (Lipinski definition) is 0. The maximum atomic E-state index is 13.0. The summed E-state index contributed by atoms with van der Waals surface area (Å²) in [5.74, 6) is 0.755. The molecule has 3 aromatic rings. The standard InChI is InChI=1S/C22H22N2O2S/c25-21-19-12-4-5-13-20(19)23-22(24(21)16-18-11-6-14-26-18)27-15-7-10-17-8-2-1-3-9-17/h1-5,7-10,12-13,18H,6,11,14-16H2/b10-7+/t18-/m0/s1. The van der Waals surface area contributed by atoms with E-state index in [0.29, 0.717) is 11.9 Å². The molecule has 0 amide bonds. The number of nitrogens with zero attached hydrogens (tertiary/aromatic N) is 2. The van der Waals surface area contributed by atoms with Crippen LogP contribution >= 0.6 is 11.8 Å². The quantitative estimate of drug-likeness (QED) is 0.472. The molecule has 0 aliphatic carbocycles. The number of para-hydroxylation sites is 1. The summed E-state index contributed by atoms with van der Waals surface area (Å²) >= 11 is 1.59. The van der Waals surface area contributed by atoms with Gasteiger partial charge in [0.25, 0.3) is 5.56 Å². The van der Waals surface area contributed by atoms with E-state index < -0.39 is 0 Å². The number of rotatable bonds is 6. The van der Waals surface area contributed by atoms with E-state index in [2.05, 4.69) is 24.3 Å². The summed E-state index contributed by atoms with van der Waals surface area (Å²) in [6, 6.07) is 17.8. The van der Waals surface area contributed by atoms with Crippen molar-refractivity contribution in [1.29, 1.82) is 0 Å². The van der Waals surface area contributed by atoms with Gasteiger partial charge >= 0.3 is 0 Å². The maximum absolute atomic E-state index is 13.0. The molecule has 1 fully saturated rings. The summed E-state index contributed by atoms with van der Waals surface area (Å²) in [4.78, 5) is 17.8. The van der Waals surface area contributed by atoms with Crippen molar-refractivity contribution in [3.05, 3.63) is 76.6 Å². The summed E-state index contributed by atoms with van der Waals surface area (Å²) in [5.41, 5.74) is 1.94. The summed E-state index contributed by atoms with van der Waals surface area (Å²) in [6.07, 6.45) is 6.36. The van der Waals surface area contributed by atoms with Crippen LogP contribution in [0.2, 0.25) is 0 Å². The highest BCUT2D eigenvalue weighted by Gasteiger charge is 2.19. The fourth-order valence-electron chi connectivity index (χ4n) is 3.28. The molecule has 0 radical (unpaired) electrons. The van der Waals surface area contributed by atoms with Gasteiger partial charge in [-0.25, -0.2) is 4.98 Å². The number of ether oxygens (including phenoxy) is 1. The van der Waals surface area contributed by atoms with E-state index in [1.54, 1.807) is 16.3 Å². The average molecular weight is 378 g/mol. The number of fused-ring (bicyclic) bond motifs is 1. The third-order valence-electron chi connectivity index (χ3n) is 4.66. The lowest BCUT2D eigenvalue weighted by atomic mass is 10.2. The van der Waals surface area contributed by atoms with Gasteiger partial charge in [0.1, 0.15) is 0 Å². The van der Waals surface area contributed by atoms with Gasteiger partial charge in [0, 0.05) is 12.4 Å². The van der Waals surface area contributed by atoms with E-state index in [-0.39, 0.29) is 11.7 Å². The second-order valence-corrected chi connectivity index (χ2v) is 7.57. The summed E-state index contributed by atoms with van der Waals surface area (Å²) in [7, 11) is 0. The Labute approximate surface area is 162 Å². The van der Waals surface area contributed by atoms with Crippen LogP contribution in [0.25, 0.3) is 17.0 Å². The Bertz CT molecular complexity index is 992. The van der Waals surface area contributed by atoms with Crippen molar-refractivity contribution >= 4 is 28.7 Å². The van der Waals surface area contributed by atoms with Crippen molar-refractivity contribution in [3.63, 3.8) is 0 Å². The highest BCUT2D eigenvalue weighted by molar-refractivity contribution is 7.99. The van der Waals surface area contributed by atoms with E-state index in [4.69, 9.17) is 9.72 Å². The van der Waals surface area contributed by atoms with Gasteiger partial charge in [-0.15, -0.1) is 0 Å². The molecule has 1 aliphatic rings. The second-order valence-electron chi connectivity index (χ2n) is 6.59. The Morgan fingerprint density at radius 2 is 1.96 bits per heavy atom. The number of aromatic nitrogens is 2. The number of hydrogen-bond acceptors (Lipinski definition) is 4. The van der Waals surface area contributed by atoms with Gasteiger partial charge in [0.05, 0.1) is 23.6 Å². The van der Waals surface area contributed by atoms with Crippen LogP contribution in [-0.4, -0.2) is 28.0 Å². The minimum absolute atomic E-state index is 0.0191. The minimum atomic E-state index is 0.0191. The molecule has 2 aromatic carbocycles. The van der Waals surface area contributed by atoms with Gasteiger partial charge in [-0.1, -0.05) is 66.4 Å². The maximum Gasteiger partial charge on any atom is 0.262 e. The molecule has 0 N–H and O–H groups in total. The normalized spacial score (nSPS) is 17.1. The molecule has 1 atom stereocenters.